The zero-order valence-electron chi connectivity index (χ0n) is 18.4. The Hall–Kier alpha value is -2.90. The predicted molar refractivity (Wildman–Crippen MR) is 127 cm³/mol. The van der Waals surface area contributed by atoms with Gasteiger partial charge in [-0.25, -0.2) is 4.98 Å². The second-order valence-electron chi connectivity index (χ2n) is 8.49. The van der Waals surface area contributed by atoms with Crippen LogP contribution in [0.1, 0.15) is 40.7 Å². The third-order valence-electron chi connectivity index (χ3n) is 6.34. The third-order valence-corrected chi connectivity index (χ3v) is 7.42. The van der Waals surface area contributed by atoms with Crippen LogP contribution in [0.3, 0.4) is 0 Å². The lowest BCUT2D eigenvalue weighted by molar-refractivity contribution is 0.150. The fourth-order valence-corrected chi connectivity index (χ4v) is 5.89. The van der Waals surface area contributed by atoms with Crippen molar-refractivity contribution in [3.8, 4) is 11.6 Å². The topological polar surface area (TPSA) is 62.9 Å². The first-order valence-electron chi connectivity index (χ1n) is 11.1. The van der Waals surface area contributed by atoms with Crippen molar-refractivity contribution >= 4 is 16.3 Å². The van der Waals surface area contributed by atoms with E-state index in [1.54, 1.807) is 11.6 Å². The fraction of sp³-hybridized carbons (Fsp3) is 0.360. The van der Waals surface area contributed by atoms with Crippen LogP contribution in [0.4, 0.5) is 0 Å². The van der Waals surface area contributed by atoms with Gasteiger partial charge in [0.1, 0.15) is 11.6 Å². The molecule has 3 heterocycles. The number of piperidine rings is 1. The van der Waals surface area contributed by atoms with Gasteiger partial charge in [-0.2, -0.15) is 4.52 Å². The molecule has 0 radical (unpaired) electrons. The van der Waals surface area contributed by atoms with E-state index in [2.05, 4.69) is 57.4 Å². The van der Waals surface area contributed by atoms with Crippen molar-refractivity contribution in [3.05, 3.63) is 76.4 Å². The molecule has 4 aromatic rings. The van der Waals surface area contributed by atoms with E-state index in [0.29, 0.717) is 11.7 Å². The summed E-state index contributed by atoms with van der Waals surface area (Å²) in [6, 6.07) is 18.9. The van der Waals surface area contributed by atoms with E-state index in [1.807, 2.05) is 19.1 Å². The van der Waals surface area contributed by atoms with Gasteiger partial charge in [0, 0.05) is 0 Å². The normalized spacial score (nSPS) is 16.4. The summed E-state index contributed by atoms with van der Waals surface area (Å²) in [6.07, 6.45) is 3.39. The van der Waals surface area contributed by atoms with Crippen LogP contribution < -0.4 is 4.74 Å². The molecule has 6 nitrogen and oxygen atoms in total. The number of benzene rings is 2. The summed E-state index contributed by atoms with van der Waals surface area (Å²) in [7, 11) is 1.69. The molecule has 1 fully saturated rings. The maximum Gasteiger partial charge on any atom is 0.230 e. The van der Waals surface area contributed by atoms with Gasteiger partial charge in [0.2, 0.25) is 10.8 Å². The highest BCUT2D eigenvalue weighted by Crippen LogP contribution is 2.42. The first-order chi connectivity index (χ1) is 15.6. The monoisotopic (exact) mass is 448 g/mol. The van der Waals surface area contributed by atoms with E-state index >= 15 is 0 Å². The minimum Gasteiger partial charge on any atom is -0.497 e. The number of hydrogen-bond donors (Lipinski definition) is 1. The zero-order valence-corrected chi connectivity index (χ0v) is 19.3. The summed E-state index contributed by atoms with van der Waals surface area (Å²) in [4.78, 5) is 8.56. The van der Waals surface area contributed by atoms with E-state index in [1.165, 1.54) is 16.9 Å². The Morgan fingerprint density at radius 3 is 2.62 bits per heavy atom. The summed E-state index contributed by atoms with van der Waals surface area (Å²) in [5.74, 6) is 2.35. The minimum atomic E-state index is -0.0587. The molecule has 2 aromatic heterocycles. The number of fused-ring (bicyclic) bond motifs is 1. The molecule has 1 aliphatic heterocycles. The Labute approximate surface area is 192 Å². The number of thiazole rings is 1. The number of methoxy groups -OCH3 is 1. The maximum absolute atomic E-state index is 11.1. The molecule has 1 aliphatic rings. The second-order valence-corrected chi connectivity index (χ2v) is 9.50. The van der Waals surface area contributed by atoms with E-state index in [4.69, 9.17) is 4.74 Å². The van der Waals surface area contributed by atoms with Crippen LogP contribution >= 0.6 is 11.3 Å². The lowest BCUT2D eigenvalue weighted by Gasteiger charge is -2.37. The minimum absolute atomic E-state index is 0.0587. The highest BCUT2D eigenvalue weighted by Gasteiger charge is 2.32. The molecule has 2 aromatic carbocycles. The Balaban J connectivity index is 1.43. The average molecular weight is 449 g/mol. The standard InChI is InChI=1S/C25H28N4O2S/c1-17-26-25-29(27-17)24(30)23(32-25)22(20-9-6-10-21(16-20)31-2)28-13-11-19(12-14-28)15-18-7-4-3-5-8-18/h3-10,16,19,22,30H,11-15H2,1-2H3/t22-/m0/s1. The van der Waals surface area contributed by atoms with E-state index in [0.717, 1.165) is 53.5 Å². The summed E-state index contributed by atoms with van der Waals surface area (Å²) < 4.78 is 7.05. The smallest absolute Gasteiger partial charge is 0.230 e. The van der Waals surface area contributed by atoms with Crippen molar-refractivity contribution in [1.82, 2.24) is 19.5 Å². The van der Waals surface area contributed by atoms with Gasteiger partial charge in [0.15, 0.2) is 0 Å². The molecule has 0 spiro atoms. The first kappa shape index (κ1) is 21.0. The summed E-state index contributed by atoms with van der Waals surface area (Å²) in [6.45, 7) is 3.80. The average Bonchev–Trinajstić information content (AvgIpc) is 3.33. The molecule has 32 heavy (non-hydrogen) atoms. The third kappa shape index (κ3) is 4.10. The Morgan fingerprint density at radius 2 is 1.91 bits per heavy atom. The summed E-state index contributed by atoms with van der Waals surface area (Å²) in [5, 5.41) is 15.4. The number of rotatable bonds is 6. The highest BCUT2D eigenvalue weighted by atomic mass is 32.1. The Morgan fingerprint density at radius 1 is 1.12 bits per heavy atom. The van der Waals surface area contributed by atoms with E-state index < -0.39 is 0 Å². The number of hydrogen-bond acceptors (Lipinski definition) is 6. The molecule has 5 rings (SSSR count). The van der Waals surface area contributed by atoms with Crippen LogP contribution in [-0.2, 0) is 6.42 Å². The van der Waals surface area contributed by atoms with Crippen LogP contribution in [0.15, 0.2) is 54.6 Å². The van der Waals surface area contributed by atoms with Gasteiger partial charge < -0.3 is 9.84 Å². The number of aryl methyl sites for hydroxylation is 1. The van der Waals surface area contributed by atoms with Gasteiger partial charge in [-0.15, -0.1) is 5.10 Å². The lowest BCUT2D eigenvalue weighted by Crippen LogP contribution is -2.37. The molecule has 1 saturated heterocycles. The number of aromatic hydroxyl groups is 1. The molecule has 0 amide bonds. The van der Waals surface area contributed by atoms with Crippen molar-refractivity contribution in [2.75, 3.05) is 20.2 Å². The number of likely N-dealkylation sites (tertiary alicyclic amines) is 1. The molecule has 0 unspecified atom stereocenters. The largest absolute Gasteiger partial charge is 0.497 e. The van der Waals surface area contributed by atoms with Gasteiger partial charge in [-0.05, 0) is 68.5 Å². The molecule has 0 saturated carbocycles. The number of nitrogens with zero attached hydrogens (tertiary/aromatic N) is 4. The van der Waals surface area contributed by atoms with Crippen LogP contribution in [-0.4, -0.2) is 44.8 Å². The van der Waals surface area contributed by atoms with Gasteiger partial charge in [-0.3, -0.25) is 4.90 Å². The number of ether oxygens (including phenoxy) is 1. The van der Waals surface area contributed by atoms with Gasteiger partial charge in [0.05, 0.1) is 18.0 Å². The maximum atomic E-state index is 11.1. The Bertz CT molecular complexity index is 1200. The van der Waals surface area contributed by atoms with E-state index in [9.17, 15) is 5.11 Å². The van der Waals surface area contributed by atoms with Crippen LogP contribution in [0.25, 0.3) is 4.96 Å². The first-order valence-corrected chi connectivity index (χ1v) is 11.9. The second kappa shape index (κ2) is 8.92. The van der Waals surface area contributed by atoms with Gasteiger partial charge in [-0.1, -0.05) is 53.8 Å². The summed E-state index contributed by atoms with van der Waals surface area (Å²) >= 11 is 1.52. The zero-order chi connectivity index (χ0) is 22.1. The molecule has 0 bridgehead atoms. The predicted octanol–water partition coefficient (Wildman–Crippen LogP) is 4.86. The molecular formula is C25H28N4O2S. The van der Waals surface area contributed by atoms with Crippen molar-refractivity contribution in [1.29, 1.82) is 0 Å². The highest BCUT2D eigenvalue weighted by molar-refractivity contribution is 7.17. The summed E-state index contributed by atoms with van der Waals surface area (Å²) in [5.41, 5.74) is 2.52. The molecule has 0 aliphatic carbocycles. The van der Waals surface area contributed by atoms with Crippen LogP contribution in [0.2, 0.25) is 0 Å². The lowest BCUT2D eigenvalue weighted by atomic mass is 9.88. The van der Waals surface area contributed by atoms with Crippen molar-refractivity contribution in [2.24, 2.45) is 5.92 Å². The van der Waals surface area contributed by atoms with Crippen LogP contribution in [0.5, 0.6) is 11.6 Å². The van der Waals surface area contributed by atoms with Gasteiger partial charge in [0.25, 0.3) is 0 Å². The molecule has 166 valence electrons. The SMILES string of the molecule is COc1cccc([C@@H](c2sc3nc(C)nn3c2O)N2CCC(Cc3ccccc3)CC2)c1. The van der Waals surface area contributed by atoms with Crippen molar-refractivity contribution in [3.63, 3.8) is 0 Å². The quantitative estimate of drug-likeness (QED) is 0.457. The molecular weight excluding hydrogens is 420 g/mol. The van der Waals surface area contributed by atoms with Crippen molar-refractivity contribution in [2.45, 2.75) is 32.2 Å². The fourth-order valence-electron chi connectivity index (χ4n) is 4.73. The molecule has 7 heteroatoms. The van der Waals surface area contributed by atoms with Gasteiger partial charge >= 0.3 is 0 Å². The van der Waals surface area contributed by atoms with Crippen molar-refractivity contribution < 1.29 is 9.84 Å². The number of aromatic nitrogens is 3. The van der Waals surface area contributed by atoms with Crippen LogP contribution in [0, 0.1) is 12.8 Å². The Kier molecular flexibility index (Phi) is 5.85. The molecule has 1 atom stereocenters. The van der Waals surface area contributed by atoms with E-state index in [-0.39, 0.29) is 11.9 Å². The molecule has 1 N–H and O–H groups in total.